The summed E-state index contributed by atoms with van der Waals surface area (Å²) in [6.45, 7) is 2.69. The lowest BCUT2D eigenvalue weighted by atomic mass is 10.1. The first-order valence-electron chi connectivity index (χ1n) is 15.4. The lowest BCUT2D eigenvalue weighted by Crippen LogP contribution is -2.55. The lowest BCUT2D eigenvalue weighted by Gasteiger charge is -2.30. The Kier molecular flexibility index (Phi) is 8.55. The van der Waals surface area contributed by atoms with Crippen LogP contribution in [-0.4, -0.2) is 94.2 Å². The zero-order chi connectivity index (χ0) is 31.6. The fraction of sp³-hybridized carbons (Fsp3) is 0.455. The molecule has 0 radical (unpaired) electrons. The second-order valence-corrected chi connectivity index (χ2v) is 11.7. The first-order valence-corrected chi connectivity index (χ1v) is 15.4. The van der Waals surface area contributed by atoms with Gasteiger partial charge in [0.2, 0.25) is 11.8 Å². The number of methoxy groups -OCH3 is 1. The van der Waals surface area contributed by atoms with Gasteiger partial charge in [-0.25, -0.2) is 14.6 Å². The SMILES string of the molecule is CCOC(=O)[C@@]12C[C@H]1/C=C\CCCCN(C)C(=O)N1C[C@H](Oc3nc(-c4ccncc4)nc4cc(OC)ccc34)C[C@H]1C(=O)N2. The molecule has 0 unspecified atom stereocenters. The van der Waals surface area contributed by atoms with Crippen LogP contribution in [0.2, 0.25) is 0 Å². The number of ether oxygens (including phenoxy) is 3. The molecule has 45 heavy (non-hydrogen) atoms. The number of urea groups is 1. The van der Waals surface area contributed by atoms with Gasteiger partial charge in [0.15, 0.2) is 5.82 Å². The van der Waals surface area contributed by atoms with Crippen molar-refractivity contribution < 1.29 is 28.6 Å². The number of nitrogens with zero attached hydrogens (tertiary/aromatic N) is 5. The van der Waals surface area contributed by atoms with Gasteiger partial charge in [0, 0.05) is 50.0 Å². The number of rotatable bonds is 6. The van der Waals surface area contributed by atoms with Crippen molar-refractivity contribution in [3.63, 3.8) is 0 Å². The van der Waals surface area contributed by atoms with Gasteiger partial charge in [-0.05, 0) is 56.9 Å². The van der Waals surface area contributed by atoms with Crippen LogP contribution in [0.5, 0.6) is 11.6 Å². The van der Waals surface area contributed by atoms with Crippen molar-refractivity contribution in [3.05, 3.63) is 54.9 Å². The predicted octanol–water partition coefficient (Wildman–Crippen LogP) is 3.75. The van der Waals surface area contributed by atoms with E-state index in [1.807, 2.05) is 36.4 Å². The Morgan fingerprint density at radius 3 is 2.73 bits per heavy atom. The molecule has 4 atom stereocenters. The van der Waals surface area contributed by atoms with Crippen molar-refractivity contribution in [2.24, 2.45) is 5.92 Å². The van der Waals surface area contributed by atoms with Gasteiger partial charge in [-0.1, -0.05) is 12.2 Å². The van der Waals surface area contributed by atoms with Gasteiger partial charge in [-0.3, -0.25) is 9.78 Å². The summed E-state index contributed by atoms with van der Waals surface area (Å²) in [6, 6.07) is 7.97. The Labute approximate surface area is 261 Å². The first-order chi connectivity index (χ1) is 21.8. The Hall–Kier alpha value is -4.74. The van der Waals surface area contributed by atoms with Crippen LogP contribution in [0.4, 0.5) is 4.79 Å². The number of allylic oxidation sites excluding steroid dienone is 1. The summed E-state index contributed by atoms with van der Waals surface area (Å²) in [7, 11) is 3.34. The number of carbonyl (C=O) groups is 3. The highest BCUT2D eigenvalue weighted by atomic mass is 16.5. The molecule has 2 aliphatic heterocycles. The van der Waals surface area contributed by atoms with Crippen LogP contribution in [0.1, 0.15) is 39.0 Å². The molecular formula is C33H38N6O6. The van der Waals surface area contributed by atoms with Crippen molar-refractivity contribution in [1.82, 2.24) is 30.1 Å². The minimum Gasteiger partial charge on any atom is -0.497 e. The molecular weight excluding hydrogens is 576 g/mol. The van der Waals surface area contributed by atoms with E-state index in [0.717, 1.165) is 24.8 Å². The molecule has 1 aliphatic carbocycles. The van der Waals surface area contributed by atoms with Crippen LogP contribution in [0.25, 0.3) is 22.3 Å². The number of fused-ring (bicyclic) bond motifs is 3. The van der Waals surface area contributed by atoms with E-state index in [1.165, 1.54) is 0 Å². The maximum Gasteiger partial charge on any atom is 0.332 e. The second kappa shape index (κ2) is 12.7. The summed E-state index contributed by atoms with van der Waals surface area (Å²) < 4.78 is 17.3. The standard InChI is InChI=1S/C33H38N6O6/c1-4-44-31(41)33-19-22(33)9-7-5-6-8-16-38(2)32(42)39-20-24(18-27(39)29(40)37-33)45-30-25-11-10-23(43-3)17-26(25)35-28(36-30)21-12-14-34-15-13-21/h7,9-15,17,22,24,27H,4-6,8,16,18-20H2,1-3H3,(H,37,40)/b9-7-/t22-,24-,27+,33-/m1/s1. The topological polar surface area (TPSA) is 136 Å². The van der Waals surface area contributed by atoms with Gasteiger partial charge >= 0.3 is 12.0 Å². The van der Waals surface area contributed by atoms with Crippen LogP contribution in [-0.2, 0) is 14.3 Å². The highest BCUT2D eigenvalue weighted by Gasteiger charge is 2.62. The highest BCUT2D eigenvalue weighted by molar-refractivity contribution is 5.95. The average Bonchev–Trinajstić information content (AvgIpc) is 3.59. The fourth-order valence-corrected chi connectivity index (χ4v) is 6.13. The number of aromatic nitrogens is 3. The number of amides is 3. The van der Waals surface area contributed by atoms with E-state index >= 15 is 0 Å². The average molecular weight is 615 g/mol. The fourth-order valence-electron chi connectivity index (χ4n) is 6.13. The second-order valence-electron chi connectivity index (χ2n) is 11.7. The van der Waals surface area contributed by atoms with Gasteiger partial charge in [-0.2, -0.15) is 4.98 Å². The molecule has 4 heterocycles. The molecule has 236 valence electrons. The van der Waals surface area contributed by atoms with Crippen LogP contribution in [0.15, 0.2) is 54.9 Å². The number of pyridine rings is 1. The molecule has 3 aromatic rings. The predicted molar refractivity (Wildman–Crippen MR) is 165 cm³/mol. The first kappa shape index (κ1) is 30.3. The van der Waals surface area contributed by atoms with Gasteiger partial charge in [0.05, 0.1) is 31.2 Å². The van der Waals surface area contributed by atoms with Crippen molar-refractivity contribution in [2.45, 2.75) is 56.7 Å². The summed E-state index contributed by atoms with van der Waals surface area (Å²) in [5.74, 6) is 0.411. The maximum atomic E-state index is 13.9. The van der Waals surface area contributed by atoms with Crippen LogP contribution in [0.3, 0.4) is 0 Å². The molecule has 2 fully saturated rings. The van der Waals surface area contributed by atoms with E-state index in [-0.39, 0.29) is 31.5 Å². The molecule has 3 amide bonds. The van der Waals surface area contributed by atoms with Crippen molar-refractivity contribution in [2.75, 3.05) is 33.9 Å². The van der Waals surface area contributed by atoms with Gasteiger partial charge in [0.25, 0.3) is 0 Å². The number of esters is 1. The summed E-state index contributed by atoms with van der Waals surface area (Å²) >= 11 is 0. The molecule has 1 N–H and O–H groups in total. The summed E-state index contributed by atoms with van der Waals surface area (Å²) in [5.41, 5.74) is 0.256. The highest BCUT2D eigenvalue weighted by Crippen LogP contribution is 2.46. The smallest absolute Gasteiger partial charge is 0.332 e. The van der Waals surface area contributed by atoms with Crippen LogP contribution in [0, 0.1) is 5.92 Å². The summed E-state index contributed by atoms with van der Waals surface area (Å²) in [6.07, 6.45) is 10.1. The molecule has 1 saturated carbocycles. The number of nitrogens with one attached hydrogen (secondary N) is 1. The van der Waals surface area contributed by atoms with Crippen molar-refractivity contribution in [1.29, 1.82) is 0 Å². The Bertz CT molecular complexity index is 1620. The number of hydrogen-bond donors (Lipinski definition) is 1. The largest absolute Gasteiger partial charge is 0.497 e. The van der Waals surface area contributed by atoms with E-state index in [1.54, 1.807) is 43.3 Å². The molecule has 1 saturated heterocycles. The summed E-state index contributed by atoms with van der Waals surface area (Å²) in [4.78, 5) is 57.5. The van der Waals surface area contributed by atoms with Crippen LogP contribution < -0.4 is 14.8 Å². The molecule has 12 heteroatoms. The third kappa shape index (κ3) is 6.13. The third-order valence-corrected chi connectivity index (χ3v) is 8.71. The van der Waals surface area contributed by atoms with Crippen molar-refractivity contribution in [3.8, 4) is 23.0 Å². The zero-order valence-corrected chi connectivity index (χ0v) is 25.8. The van der Waals surface area contributed by atoms with Gasteiger partial charge in [-0.15, -0.1) is 0 Å². The summed E-state index contributed by atoms with van der Waals surface area (Å²) in [5, 5.41) is 3.66. The monoisotopic (exact) mass is 614 g/mol. The van der Waals surface area contributed by atoms with Gasteiger partial charge < -0.3 is 29.3 Å². The maximum absolute atomic E-state index is 13.9. The van der Waals surface area contributed by atoms with E-state index in [0.29, 0.717) is 41.3 Å². The Balaban J connectivity index is 1.32. The quantitative estimate of drug-likeness (QED) is 0.325. The van der Waals surface area contributed by atoms with E-state index in [2.05, 4.69) is 16.4 Å². The Morgan fingerprint density at radius 2 is 1.96 bits per heavy atom. The zero-order valence-electron chi connectivity index (χ0n) is 25.8. The minimum absolute atomic E-state index is 0.153. The number of hydrogen-bond acceptors (Lipinski definition) is 9. The van der Waals surface area contributed by atoms with Crippen molar-refractivity contribution >= 4 is 28.8 Å². The minimum atomic E-state index is -1.13. The van der Waals surface area contributed by atoms with Gasteiger partial charge in [0.1, 0.15) is 23.4 Å². The molecule has 0 spiro atoms. The molecule has 2 aromatic heterocycles. The number of carbonyl (C=O) groups excluding carboxylic acids is 3. The van der Waals surface area contributed by atoms with Crippen LogP contribution >= 0.6 is 0 Å². The molecule has 1 aromatic carbocycles. The number of benzene rings is 1. The normalized spacial score (nSPS) is 25.9. The molecule has 0 bridgehead atoms. The van der Waals surface area contributed by atoms with E-state index in [9.17, 15) is 14.4 Å². The molecule has 12 nitrogen and oxygen atoms in total. The van der Waals surface area contributed by atoms with E-state index in [4.69, 9.17) is 24.2 Å². The third-order valence-electron chi connectivity index (χ3n) is 8.71. The lowest BCUT2D eigenvalue weighted by molar-refractivity contribution is -0.149. The van der Waals surface area contributed by atoms with E-state index < -0.39 is 29.6 Å². The molecule has 3 aliphatic rings. The molecule has 6 rings (SSSR count). The Morgan fingerprint density at radius 1 is 1.13 bits per heavy atom.